The summed E-state index contributed by atoms with van der Waals surface area (Å²) in [5.41, 5.74) is 14.6. The monoisotopic (exact) mass is 318 g/mol. The molecule has 0 amide bonds. The third-order valence-corrected chi connectivity index (χ3v) is 3.67. The van der Waals surface area contributed by atoms with Crippen LogP contribution in [0.15, 0.2) is 48.9 Å². The highest BCUT2D eigenvalue weighted by Crippen LogP contribution is 2.18. The van der Waals surface area contributed by atoms with Gasteiger partial charge >= 0.3 is 0 Å². The highest BCUT2D eigenvalue weighted by Gasteiger charge is 1.99. The highest BCUT2D eigenvalue weighted by molar-refractivity contribution is 5.90. The van der Waals surface area contributed by atoms with E-state index in [0.29, 0.717) is 11.6 Å². The molecule has 0 unspecified atom stereocenters. The maximum atomic E-state index is 5.67. The van der Waals surface area contributed by atoms with E-state index in [9.17, 15) is 0 Å². The summed E-state index contributed by atoms with van der Waals surface area (Å²) < 4.78 is 0. The van der Waals surface area contributed by atoms with Crippen LogP contribution in [0, 0.1) is 13.8 Å². The number of aryl methyl sites for hydroxylation is 2. The van der Waals surface area contributed by atoms with Crippen LogP contribution in [0.25, 0.3) is 21.7 Å². The third kappa shape index (κ3) is 3.22. The third-order valence-electron chi connectivity index (χ3n) is 3.67. The first-order chi connectivity index (χ1) is 11.5. The molecule has 0 atom stereocenters. The number of rotatable bonds is 0. The van der Waals surface area contributed by atoms with Crippen molar-refractivity contribution in [2.24, 2.45) is 0 Å². The van der Waals surface area contributed by atoms with Crippen molar-refractivity contribution < 1.29 is 0 Å². The van der Waals surface area contributed by atoms with Gasteiger partial charge in [0.2, 0.25) is 0 Å². The maximum absolute atomic E-state index is 5.67. The second-order valence-electron chi connectivity index (χ2n) is 5.60. The SMILES string of the molecule is Cc1ccc2cnnc(N)c2c1.Cc1ccc2ncnc(N)c2c1. The molecule has 24 heavy (non-hydrogen) atoms. The predicted molar refractivity (Wildman–Crippen MR) is 97.4 cm³/mol. The van der Waals surface area contributed by atoms with Gasteiger partial charge in [0, 0.05) is 16.2 Å². The number of nitrogen functional groups attached to an aromatic ring is 2. The quantitative estimate of drug-likeness (QED) is 0.516. The summed E-state index contributed by atoms with van der Waals surface area (Å²) in [6, 6.07) is 12.0. The Hall–Kier alpha value is -3.28. The van der Waals surface area contributed by atoms with Gasteiger partial charge in [0.25, 0.3) is 0 Å². The number of benzene rings is 2. The molecule has 0 bridgehead atoms. The zero-order chi connectivity index (χ0) is 17.1. The fraction of sp³-hybridized carbons (Fsp3) is 0.111. The molecule has 0 aliphatic rings. The van der Waals surface area contributed by atoms with E-state index in [4.69, 9.17) is 11.5 Å². The molecule has 0 saturated heterocycles. The van der Waals surface area contributed by atoms with Gasteiger partial charge in [0.1, 0.15) is 12.1 Å². The smallest absolute Gasteiger partial charge is 0.153 e. The first kappa shape index (κ1) is 15.6. The van der Waals surface area contributed by atoms with Gasteiger partial charge in [-0.1, -0.05) is 29.3 Å². The number of aromatic nitrogens is 4. The molecule has 2 aromatic carbocycles. The number of nitrogens with zero attached hydrogens (tertiary/aromatic N) is 4. The lowest BCUT2D eigenvalue weighted by molar-refractivity contribution is 1.06. The normalized spacial score (nSPS) is 10.4. The van der Waals surface area contributed by atoms with E-state index in [1.807, 2.05) is 50.2 Å². The zero-order valence-corrected chi connectivity index (χ0v) is 13.6. The predicted octanol–water partition coefficient (Wildman–Crippen LogP) is 3.04. The van der Waals surface area contributed by atoms with Gasteiger partial charge in [-0.05, 0) is 32.0 Å². The van der Waals surface area contributed by atoms with Crippen molar-refractivity contribution in [3.05, 3.63) is 60.0 Å². The number of fused-ring (bicyclic) bond motifs is 2. The molecule has 0 radical (unpaired) electrons. The largest absolute Gasteiger partial charge is 0.383 e. The van der Waals surface area contributed by atoms with Crippen molar-refractivity contribution in [2.45, 2.75) is 13.8 Å². The van der Waals surface area contributed by atoms with Crippen molar-refractivity contribution in [1.29, 1.82) is 0 Å². The van der Waals surface area contributed by atoms with E-state index in [1.54, 1.807) is 6.20 Å². The van der Waals surface area contributed by atoms with Crippen molar-refractivity contribution in [3.63, 3.8) is 0 Å². The summed E-state index contributed by atoms with van der Waals surface area (Å²) in [6.45, 7) is 4.05. The molecular formula is C18H18N6. The summed E-state index contributed by atoms with van der Waals surface area (Å²) in [7, 11) is 0. The van der Waals surface area contributed by atoms with Crippen LogP contribution in [0.1, 0.15) is 11.1 Å². The Balaban J connectivity index is 0.000000141. The second-order valence-corrected chi connectivity index (χ2v) is 5.60. The number of hydrogen-bond acceptors (Lipinski definition) is 6. The number of anilines is 2. The molecule has 6 nitrogen and oxygen atoms in total. The van der Waals surface area contributed by atoms with E-state index in [1.165, 1.54) is 17.5 Å². The molecule has 2 heterocycles. The van der Waals surface area contributed by atoms with Crippen LogP contribution in [0.2, 0.25) is 0 Å². The minimum atomic E-state index is 0.496. The number of nitrogens with two attached hydrogens (primary N) is 2. The molecule has 6 heteroatoms. The van der Waals surface area contributed by atoms with Gasteiger partial charge in [-0.15, -0.1) is 5.10 Å². The molecule has 0 fully saturated rings. The van der Waals surface area contributed by atoms with Crippen LogP contribution in [0.3, 0.4) is 0 Å². The molecule has 0 aliphatic carbocycles. The van der Waals surface area contributed by atoms with Crippen LogP contribution in [-0.4, -0.2) is 20.2 Å². The van der Waals surface area contributed by atoms with Gasteiger partial charge in [0.05, 0.1) is 11.7 Å². The van der Waals surface area contributed by atoms with E-state index in [2.05, 4.69) is 20.2 Å². The van der Waals surface area contributed by atoms with Crippen LogP contribution < -0.4 is 11.5 Å². The molecule has 0 saturated carbocycles. The van der Waals surface area contributed by atoms with Crippen molar-refractivity contribution in [1.82, 2.24) is 20.2 Å². The van der Waals surface area contributed by atoms with Gasteiger partial charge in [-0.2, -0.15) is 5.10 Å². The Bertz CT molecular complexity index is 929. The fourth-order valence-electron chi connectivity index (χ4n) is 2.40. The lowest BCUT2D eigenvalue weighted by Crippen LogP contribution is -1.93. The molecule has 4 N–H and O–H groups in total. The first-order valence-corrected chi connectivity index (χ1v) is 7.49. The number of hydrogen-bond donors (Lipinski definition) is 2. The Morgan fingerprint density at radius 2 is 1.50 bits per heavy atom. The van der Waals surface area contributed by atoms with Gasteiger partial charge in [-0.3, -0.25) is 0 Å². The van der Waals surface area contributed by atoms with E-state index >= 15 is 0 Å². The lowest BCUT2D eigenvalue weighted by Gasteiger charge is -1.99. The standard InChI is InChI=1S/2C9H9N3/c1-6-2-3-8-7(4-6)9(10)12-5-11-8;1-6-2-3-7-5-11-12-9(10)8(7)4-6/h2-5H,1H3,(H2,10,11,12);2-5H,1H3,(H2,10,12). The maximum Gasteiger partial charge on any atom is 0.153 e. The Morgan fingerprint density at radius 3 is 2.29 bits per heavy atom. The first-order valence-electron chi connectivity index (χ1n) is 7.49. The molecule has 4 aromatic rings. The van der Waals surface area contributed by atoms with Crippen LogP contribution in [0.4, 0.5) is 11.6 Å². The topological polar surface area (TPSA) is 104 Å². The molecule has 0 aliphatic heterocycles. The summed E-state index contributed by atoms with van der Waals surface area (Å²) in [6.07, 6.45) is 3.19. The Kier molecular flexibility index (Phi) is 4.20. The second kappa shape index (κ2) is 6.45. The summed E-state index contributed by atoms with van der Waals surface area (Å²) in [5, 5.41) is 10.5. The van der Waals surface area contributed by atoms with Crippen molar-refractivity contribution >= 4 is 33.3 Å². The zero-order valence-electron chi connectivity index (χ0n) is 13.6. The van der Waals surface area contributed by atoms with Crippen molar-refractivity contribution in [3.8, 4) is 0 Å². The van der Waals surface area contributed by atoms with E-state index in [0.717, 1.165) is 21.7 Å². The molecule has 2 aromatic heterocycles. The minimum absolute atomic E-state index is 0.496. The molecule has 4 rings (SSSR count). The average molecular weight is 318 g/mol. The van der Waals surface area contributed by atoms with Crippen molar-refractivity contribution in [2.75, 3.05) is 11.5 Å². The Morgan fingerprint density at radius 1 is 0.792 bits per heavy atom. The minimum Gasteiger partial charge on any atom is -0.383 e. The molecular weight excluding hydrogens is 300 g/mol. The van der Waals surface area contributed by atoms with Gasteiger partial charge in [-0.25, -0.2) is 9.97 Å². The van der Waals surface area contributed by atoms with E-state index in [-0.39, 0.29) is 0 Å². The average Bonchev–Trinajstić information content (AvgIpc) is 2.57. The van der Waals surface area contributed by atoms with Crippen LogP contribution in [0.5, 0.6) is 0 Å². The highest BCUT2D eigenvalue weighted by atomic mass is 15.1. The Labute approximate surface area is 139 Å². The summed E-state index contributed by atoms with van der Waals surface area (Å²) in [4.78, 5) is 8.01. The van der Waals surface area contributed by atoms with E-state index < -0.39 is 0 Å². The van der Waals surface area contributed by atoms with Gasteiger partial charge in [0.15, 0.2) is 5.82 Å². The summed E-state index contributed by atoms with van der Waals surface area (Å²) >= 11 is 0. The van der Waals surface area contributed by atoms with Gasteiger partial charge < -0.3 is 11.5 Å². The van der Waals surface area contributed by atoms with Crippen LogP contribution in [-0.2, 0) is 0 Å². The molecule has 120 valence electrons. The fourth-order valence-corrected chi connectivity index (χ4v) is 2.40. The summed E-state index contributed by atoms with van der Waals surface area (Å²) in [5.74, 6) is 1.04. The lowest BCUT2D eigenvalue weighted by atomic mass is 10.1. The van der Waals surface area contributed by atoms with Crippen LogP contribution >= 0.6 is 0 Å². The molecule has 0 spiro atoms.